The first-order valence-electron chi connectivity index (χ1n) is 11.5. The molecule has 0 aliphatic carbocycles. The molecule has 172 valence electrons. The number of anilines is 1. The summed E-state index contributed by atoms with van der Waals surface area (Å²) in [6.07, 6.45) is 18.1. The molecule has 0 atom stereocenters. The highest BCUT2D eigenvalue weighted by molar-refractivity contribution is 6.20. The van der Waals surface area contributed by atoms with Crippen LogP contribution in [0.25, 0.3) is 0 Å². The third-order valence-corrected chi connectivity index (χ3v) is 5.17. The molecule has 0 aromatic heterocycles. The third-order valence-electron chi connectivity index (χ3n) is 5.17. The number of Topliss-reactive ketones (excluding diaryl/α,β-unsaturated/α-hetero) is 1. The Hall–Kier alpha value is -2.63. The molecule has 0 fully saturated rings. The number of carboxylic acid groups (broad SMARTS) is 2. The van der Waals surface area contributed by atoms with Gasteiger partial charge in [0.2, 0.25) is 5.92 Å². The van der Waals surface area contributed by atoms with E-state index in [1.807, 2.05) is 0 Å². The van der Waals surface area contributed by atoms with Gasteiger partial charge in [0.15, 0.2) is 5.78 Å². The van der Waals surface area contributed by atoms with E-state index in [1.54, 1.807) is 12.1 Å². The molecular weight excluding hydrogens is 394 g/mol. The minimum absolute atomic E-state index is 0.0741. The van der Waals surface area contributed by atoms with Crippen LogP contribution in [0.1, 0.15) is 87.9 Å². The lowest BCUT2D eigenvalue weighted by atomic mass is 9.97. The Bertz CT molecular complexity index is 700. The van der Waals surface area contributed by atoms with E-state index in [-0.39, 0.29) is 5.56 Å². The Labute approximate surface area is 185 Å². The molecule has 1 aromatic carbocycles. The number of allylic oxidation sites excluding steroid dienone is 2. The normalized spacial score (nSPS) is 11.2. The standard InChI is InChI=1S/C25H37NO5/c1-2-3-4-5-6-7-8-9-10-11-12-13-14-18-26-21-17-15-16-20(19-21)23(27)22(24(28)29)25(30)31/h11-12,15-17,19,22,26H,2-10,13-14,18H2,1H3,(H,28,29)(H,30,31)/b12-11+. The van der Waals surface area contributed by atoms with Crippen LogP contribution < -0.4 is 5.32 Å². The molecule has 0 saturated carbocycles. The van der Waals surface area contributed by atoms with E-state index in [0.717, 1.165) is 19.3 Å². The van der Waals surface area contributed by atoms with Crippen LogP contribution >= 0.6 is 0 Å². The number of carboxylic acids is 2. The van der Waals surface area contributed by atoms with Crippen molar-refractivity contribution in [1.82, 2.24) is 0 Å². The predicted octanol–water partition coefficient (Wildman–Crippen LogP) is 5.93. The summed E-state index contributed by atoms with van der Waals surface area (Å²) in [7, 11) is 0. The Kier molecular flexibility index (Phi) is 13.7. The second-order valence-corrected chi connectivity index (χ2v) is 7.86. The maximum Gasteiger partial charge on any atom is 0.325 e. The molecule has 6 nitrogen and oxygen atoms in total. The lowest BCUT2D eigenvalue weighted by Crippen LogP contribution is -2.31. The first-order valence-corrected chi connectivity index (χ1v) is 11.5. The number of rotatable bonds is 18. The van der Waals surface area contributed by atoms with Crippen molar-refractivity contribution in [2.24, 2.45) is 5.92 Å². The van der Waals surface area contributed by atoms with Gasteiger partial charge in [-0.05, 0) is 37.8 Å². The van der Waals surface area contributed by atoms with Crippen molar-refractivity contribution in [3.8, 4) is 0 Å². The Morgan fingerprint density at radius 3 is 2.06 bits per heavy atom. The molecule has 0 saturated heterocycles. The smallest absolute Gasteiger partial charge is 0.325 e. The van der Waals surface area contributed by atoms with Gasteiger partial charge in [-0.25, -0.2) is 0 Å². The predicted molar refractivity (Wildman–Crippen MR) is 124 cm³/mol. The van der Waals surface area contributed by atoms with Gasteiger partial charge in [0.25, 0.3) is 0 Å². The van der Waals surface area contributed by atoms with Crippen molar-refractivity contribution < 1.29 is 24.6 Å². The quantitative estimate of drug-likeness (QED) is 0.115. The maximum absolute atomic E-state index is 12.2. The van der Waals surface area contributed by atoms with Crippen LogP contribution in [0.15, 0.2) is 36.4 Å². The second-order valence-electron chi connectivity index (χ2n) is 7.86. The van der Waals surface area contributed by atoms with E-state index < -0.39 is 23.6 Å². The fraction of sp³-hybridized carbons (Fsp3) is 0.560. The zero-order chi connectivity index (χ0) is 22.9. The van der Waals surface area contributed by atoms with E-state index >= 15 is 0 Å². The van der Waals surface area contributed by atoms with Gasteiger partial charge in [-0.3, -0.25) is 14.4 Å². The molecule has 0 heterocycles. The van der Waals surface area contributed by atoms with Gasteiger partial charge in [0.05, 0.1) is 0 Å². The van der Waals surface area contributed by atoms with Crippen LogP contribution in [0.4, 0.5) is 5.69 Å². The molecule has 3 N–H and O–H groups in total. The highest BCUT2D eigenvalue weighted by Gasteiger charge is 2.34. The summed E-state index contributed by atoms with van der Waals surface area (Å²) in [6, 6.07) is 6.31. The van der Waals surface area contributed by atoms with Gasteiger partial charge in [0, 0.05) is 17.8 Å². The number of carbonyl (C=O) groups is 3. The molecule has 0 aliphatic rings. The minimum atomic E-state index is -2.08. The monoisotopic (exact) mass is 431 g/mol. The molecule has 6 heteroatoms. The number of unbranched alkanes of at least 4 members (excludes halogenated alkanes) is 9. The van der Waals surface area contributed by atoms with Crippen LogP contribution in [0.3, 0.4) is 0 Å². The number of hydrogen-bond acceptors (Lipinski definition) is 4. The van der Waals surface area contributed by atoms with Crippen molar-refractivity contribution in [1.29, 1.82) is 0 Å². The lowest BCUT2D eigenvalue weighted by molar-refractivity contribution is -0.151. The molecule has 0 unspecified atom stereocenters. The van der Waals surface area contributed by atoms with Crippen molar-refractivity contribution in [3.05, 3.63) is 42.0 Å². The Morgan fingerprint density at radius 1 is 0.871 bits per heavy atom. The van der Waals surface area contributed by atoms with Crippen LogP contribution in [0.5, 0.6) is 0 Å². The number of carbonyl (C=O) groups excluding carboxylic acids is 1. The van der Waals surface area contributed by atoms with Gasteiger partial charge in [0.1, 0.15) is 0 Å². The highest BCUT2D eigenvalue weighted by Crippen LogP contribution is 2.16. The SMILES string of the molecule is CCCCCCCCCC/C=C/CCCNc1cccc(C(=O)C(C(=O)O)C(=O)O)c1. The van der Waals surface area contributed by atoms with Crippen LogP contribution in [-0.2, 0) is 9.59 Å². The van der Waals surface area contributed by atoms with Crippen molar-refractivity contribution in [2.75, 3.05) is 11.9 Å². The van der Waals surface area contributed by atoms with Gasteiger partial charge >= 0.3 is 11.9 Å². The molecule has 0 bridgehead atoms. The molecule has 0 amide bonds. The second kappa shape index (κ2) is 16.1. The topological polar surface area (TPSA) is 104 Å². The van der Waals surface area contributed by atoms with Gasteiger partial charge < -0.3 is 15.5 Å². The zero-order valence-corrected chi connectivity index (χ0v) is 18.6. The maximum atomic E-state index is 12.2. The largest absolute Gasteiger partial charge is 0.480 e. The average molecular weight is 432 g/mol. The molecule has 0 spiro atoms. The van der Waals surface area contributed by atoms with Crippen molar-refractivity contribution in [2.45, 2.75) is 77.6 Å². The summed E-state index contributed by atoms with van der Waals surface area (Å²) in [5, 5.41) is 21.1. The first kappa shape index (κ1) is 26.4. The number of benzene rings is 1. The van der Waals surface area contributed by atoms with Crippen molar-refractivity contribution in [3.63, 3.8) is 0 Å². The highest BCUT2D eigenvalue weighted by atomic mass is 16.4. The average Bonchev–Trinajstić information content (AvgIpc) is 2.73. The molecule has 31 heavy (non-hydrogen) atoms. The summed E-state index contributed by atoms with van der Waals surface area (Å²) < 4.78 is 0. The molecule has 0 radical (unpaired) electrons. The van der Waals surface area contributed by atoms with Gasteiger partial charge in [-0.2, -0.15) is 0 Å². The van der Waals surface area contributed by atoms with Gasteiger partial charge in [-0.15, -0.1) is 0 Å². The van der Waals surface area contributed by atoms with Crippen LogP contribution in [-0.4, -0.2) is 34.5 Å². The Morgan fingerprint density at radius 2 is 1.45 bits per heavy atom. The number of hydrogen-bond donors (Lipinski definition) is 3. The summed E-state index contributed by atoms with van der Waals surface area (Å²) in [6.45, 7) is 2.95. The van der Waals surface area contributed by atoms with E-state index in [2.05, 4.69) is 24.4 Å². The summed E-state index contributed by atoms with van der Waals surface area (Å²) >= 11 is 0. The lowest BCUT2D eigenvalue weighted by Gasteiger charge is -2.09. The summed E-state index contributed by atoms with van der Waals surface area (Å²) in [5.41, 5.74) is 0.744. The van der Waals surface area contributed by atoms with E-state index in [0.29, 0.717) is 12.2 Å². The van der Waals surface area contributed by atoms with E-state index in [9.17, 15) is 14.4 Å². The molecular formula is C25H37NO5. The first-order chi connectivity index (χ1) is 15.0. The molecule has 0 aliphatic heterocycles. The fourth-order valence-corrected chi connectivity index (χ4v) is 3.36. The van der Waals surface area contributed by atoms with Crippen LogP contribution in [0.2, 0.25) is 0 Å². The fourth-order valence-electron chi connectivity index (χ4n) is 3.36. The summed E-state index contributed by atoms with van der Waals surface area (Å²) in [5.74, 6) is -6.32. The number of aliphatic carboxylic acids is 2. The minimum Gasteiger partial charge on any atom is -0.480 e. The number of nitrogens with one attached hydrogen (secondary N) is 1. The van der Waals surface area contributed by atoms with E-state index in [4.69, 9.17) is 10.2 Å². The molecule has 1 aromatic rings. The van der Waals surface area contributed by atoms with E-state index in [1.165, 1.54) is 63.5 Å². The van der Waals surface area contributed by atoms with Gasteiger partial charge in [-0.1, -0.05) is 76.2 Å². The third kappa shape index (κ3) is 11.4. The van der Waals surface area contributed by atoms with Crippen molar-refractivity contribution >= 4 is 23.4 Å². The number of ketones is 1. The summed E-state index contributed by atoms with van der Waals surface area (Å²) in [4.78, 5) is 34.3. The Balaban J connectivity index is 2.22. The molecule has 1 rings (SSSR count). The van der Waals surface area contributed by atoms with Crippen LogP contribution in [0, 0.1) is 5.92 Å². The zero-order valence-electron chi connectivity index (χ0n) is 18.6.